The summed E-state index contributed by atoms with van der Waals surface area (Å²) in [6, 6.07) is 17.4. The summed E-state index contributed by atoms with van der Waals surface area (Å²) in [6.45, 7) is 2.21. The van der Waals surface area contributed by atoms with Crippen molar-refractivity contribution < 1.29 is 27.8 Å². The number of carbonyl (C=O) groups excluding carboxylic acids is 2. The molecule has 0 saturated carbocycles. The van der Waals surface area contributed by atoms with Crippen molar-refractivity contribution in [1.29, 1.82) is 5.26 Å². The predicted octanol–water partition coefficient (Wildman–Crippen LogP) is 5.88. The van der Waals surface area contributed by atoms with Gasteiger partial charge in [0.05, 0.1) is 18.4 Å². The number of nitrogens with one attached hydrogen (secondary N) is 1. The van der Waals surface area contributed by atoms with E-state index in [0.717, 1.165) is 5.56 Å². The van der Waals surface area contributed by atoms with Crippen LogP contribution in [-0.4, -0.2) is 27.9 Å². The molecule has 8 nitrogen and oxygen atoms in total. The number of amides is 1. The van der Waals surface area contributed by atoms with Crippen LogP contribution in [0.1, 0.15) is 44.9 Å². The Morgan fingerprint density at radius 3 is 2.39 bits per heavy atom. The first kappa shape index (κ1) is 28.1. The van der Waals surface area contributed by atoms with E-state index >= 15 is 0 Å². The maximum absolute atomic E-state index is 13.6. The third-order valence-electron chi connectivity index (χ3n) is 5.59. The number of alkyl carbamates (subject to hydrolysis) is 1. The monoisotopic (exact) mass is 522 g/mol. The van der Waals surface area contributed by atoms with E-state index in [1.807, 2.05) is 24.3 Å². The van der Waals surface area contributed by atoms with Gasteiger partial charge in [0.25, 0.3) is 0 Å². The molecule has 0 aliphatic rings. The zero-order chi connectivity index (χ0) is 27.7. The Morgan fingerprint density at radius 1 is 1.13 bits per heavy atom. The van der Waals surface area contributed by atoms with E-state index in [4.69, 9.17) is 14.7 Å². The zero-order valence-electron chi connectivity index (χ0n) is 21.2. The number of ether oxygens (including phenoxy) is 2. The van der Waals surface area contributed by atoms with Crippen LogP contribution in [0.15, 0.2) is 78.6 Å². The van der Waals surface area contributed by atoms with Crippen LogP contribution in [0.25, 0.3) is 11.1 Å². The average molecular weight is 523 g/mol. The fourth-order valence-electron chi connectivity index (χ4n) is 3.83. The standard InChI is InChI=1S/C28H28F2N4O4/c1-19(2)38-25(35)28(15-20(3)13-14-31,33-27(36)37-18-21-7-5-4-6-8-21)24-11-9-22(10-12-24)23-16-32-34(17-23)26(29)30/h4-13,16-17,19,26H,15,18H2,1-3H3,(H,33,36)/b20-13+/t28-/m1/s1. The Balaban J connectivity index is 2.00. The van der Waals surface area contributed by atoms with Crippen molar-refractivity contribution in [2.75, 3.05) is 0 Å². The van der Waals surface area contributed by atoms with Gasteiger partial charge in [0.2, 0.25) is 0 Å². The highest BCUT2D eigenvalue weighted by atomic mass is 19.3. The molecule has 0 spiro atoms. The first-order valence-corrected chi connectivity index (χ1v) is 11.8. The number of carbonyl (C=O) groups is 2. The SMILES string of the molecule is C/C(=C\C#N)C[C@](NC(=O)OCc1ccccc1)(C(=O)OC(C)C)c1ccc(-c2cnn(C(F)F)c2)cc1. The van der Waals surface area contributed by atoms with Crippen LogP contribution in [0.5, 0.6) is 0 Å². The molecule has 3 aromatic rings. The van der Waals surface area contributed by atoms with Crippen molar-refractivity contribution in [3.63, 3.8) is 0 Å². The van der Waals surface area contributed by atoms with Crippen LogP contribution in [0.2, 0.25) is 0 Å². The Labute approximate surface area is 219 Å². The molecule has 1 amide bonds. The van der Waals surface area contributed by atoms with E-state index in [0.29, 0.717) is 26.9 Å². The van der Waals surface area contributed by atoms with Crippen molar-refractivity contribution in [2.24, 2.45) is 0 Å². The fourth-order valence-corrected chi connectivity index (χ4v) is 3.83. The molecule has 2 aromatic carbocycles. The molecule has 0 bridgehead atoms. The molecular weight excluding hydrogens is 494 g/mol. The summed E-state index contributed by atoms with van der Waals surface area (Å²) in [4.78, 5) is 26.5. The van der Waals surface area contributed by atoms with Crippen LogP contribution < -0.4 is 5.32 Å². The highest BCUT2D eigenvalue weighted by molar-refractivity contribution is 5.88. The smallest absolute Gasteiger partial charge is 0.408 e. The van der Waals surface area contributed by atoms with E-state index < -0.39 is 30.3 Å². The minimum Gasteiger partial charge on any atom is -0.461 e. The van der Waals surface area contributed by atoms with Gasteiger partial charge in [0.1, 0.15) is 6.61 Å². The first-order valence-electron chi connectivity index (χ1n) is 11.8. The minimum absolute atomic E-state index is 0.0257. The van der Waals surface area contributed by atoms with Gasteiger partial charge in [-0.15, -0.1) is 0 Å². The molecule has 1 atom stereocenters. The molecule has 1 aromatic heterocycles. The number of alkyl halides is 2. The second-order valence-electron chi connectivity index (χ2n) is 8.91. The molecule has 0 radical (unpaired) electrons. The number of allylic oxidation sites excluding steroid dienone is 1. The van der Waals surface area contributed by atoms with Crippen molar-refractivity contribution in [3.05, 3.63) is 89.8 Å². The van der Waals surface area contributed by atoms with Crippen LogP contribution in [0, 0.1) is 11.3 Å². The summed E-state index contributed by atoms with van der Waals surface area (Å²) in [5.74, 6) is -0.742. The number of nitrogens with zero attached hydrogens (tertiary/aromatic N) is 3. The third kappa shape index (κ3) is 7.03. The molecule has 10 heteroatoms. The summed E-state index contributed by atoms with van der Waals surface area (Å²) in [5, 5.41) is 15.5. The molecule has 1 heterocycles. The Hall–Kier alpha value is -4.52. The number of nitriles is 1. The van der Waals surface area contributed by atoms with Gasteiger partial charge in [-0.2, -0.15) is 19.1 Å². The number of aromatic nitrogens is 2. The maximum Gasteiger partial charge on any atom is 0.408 e. The number of esters is 1. The summed E-state index contributed by atoms with van der Waals surface area (Å²) < 4.78 is 37.4. The van der Waals surface area contributed by atoms with Gasteiger partial charge in [-0.05, 0) is 37.5 Å². The summed E-state index contributed by atoms with van der Waals surface area (Å²) in [6.07, 6.45) is 2.36. The van der Waals surface area contributed by atoms with E-state index in [9.17, 15) is 18.4 Å². The van der Waals surface area contributed by atoms with Gasteiger partial charge in [0, 0.05) is 24.3 Å². The van der Waals surface area contributed by atoms with E-state index in [-0.39, 0.29) is 13.0 Å². The topological polar surface area (TPSA) is 106 Å². The van der Waals surface area contributed by atoms with Crippen molar-refractivity contribution in [3.8, 4) is 17.2 Å². The first-order chi connectivity index (χ1) is 18.1. The molecule has 1 N–H and O–H groups in total. The molecule has 3 rings (SSSR count). The third-order valence-corrected chi connectivity index (χ3v) is 5.59. The van der Waals surface area contributed by atoms with Crippen molar-refractivity contribution in [2.45, 2.75) is 52.0 Å². The molecule has 0 aliphatic heterocycles. The maximum atomic E-state index is 13.6. The van der Waals surface area contributed by atoms with E-state index in [2.05, 4.69) is 10.4 Å². The summed E-state index contributed by atoms with van der Waals surface area (Å²) in [5.41, 5.74) is 0.911. The molecular formula is C28H28F2N4O4. The number of halogens is 2. The highest BCUT2D eigenvalue weighted by Crippen LogP contribution is 2.33. The largest absolute Gasteiger partial charge is 0.461 e. The van der Waals surface area contributed by atoms with E-state index in [1.165, 1.54) is 18.5 Å². The Morgan fingerprint density at radius 2 is 1.82 bits per heavy atom. The summed E-state index contributed by atoms with van der Waals surface area (Å²) in [7, 11) is 0. The molecule has 0 unspecified atom stereocenters. The number of benzene rings is 2. The lowest BCUT2D eigenvalue weighted by Crippen LogP contribution is -2.53. The van der Waals surface area contributed by atoms with Crippen LogP contribution in [-0.2, 0) is 26.4 Å². The quantitative estimate of drug-likeness (QED) is 0.263. The predicted molar refractivity (Wildman–Crippen MR) is 136 cm³/mol. The van der Waals surface area contributed by atoms with Crippen molar-refractivity contribution in [1.82, 2.24) is 15.1 Å². The van der Waals surface area contributed by atoms with Gasteiger partial charge in [-0.3, -0.25) is 0 Å². The van der Waals surface area contributed by atoms with Crippen LogP contribution in [0.4, 0.5) is 13.6 Å². The zero-order valence-corrected chi connectivity index (χ0v) is 21.2. The van der Waals surface area contributed by atoms with Gasteiger partial charge < -0.3 is 14.8 Å². The summed E-state index contributed by atoms with van der Waals surface area (Å²) >= 11 is 0. The van der Waals surface area contributed by atoms with Crippen molar-refractivity contribution >= 4 is 12.1 Å². The number of hydrogen-bond donors (Lipinski definition) is 1. The van der Waals surface area contributed by atoms with Gasteiger partial charge >= 0.3 is 18.6 Å². The molecule has 0 fully saturated rings. The van der Waals surface area contributed by atoms with Crippen LogP contribution in [0.3, 0.4) is 0 Å². The lowest BCUT2D eigenvalue weighted by atomic mass is 9.83. The number of rotatable bonds is 10. The molecule has 38 heavy (non-hydrogen) atoms. The van der Waals surface area contributed by atoms with Gasteiger partial charge in [-0.25, -0.2) is 14.3 Å². The Kier molecular flexibility index (Phi) is 9.33. The second-order valence-corrected chi connectivity index (χ2v) is 8.91. The minimum atomic E-state index is -2.78. The fraction of sp³-hybridized carbons (Fsp3) is 0.286. The molecule has 198 valence electrons. The highest BCUT2D eigenvalue weighted by Gasteiger charge is 2.44. The Bertz CT molecular complexity index is 1310. The van der Waals surface area contributed by atoms with E-state index in [1.54, 1.807) is 57.2 Å². The lowest BCUT2D eigenvalue weighted by Gasteiger charge is -2.33. The van der Waals surface area contributed by atoms with Gasteiger partial charge in [-0.1, -0.05) is 60.2 Å². The second kappa shape index (κ2) is 12.6. The van der Waals surface area contributed by atoms with Gasteiger partial charge in [0.15, 0.2) is 5.54 Å². The number of hydrogen-bond acceptors (Lipinski definition) is 6. The molecule has 0 saturated heterocycles. The average Bonchev–Trinajstić information content (AvgIpc) is 3.38. The lowest BCUT2D eigenvalue weighted by molar-refractivity contribution is -0.156. The molecule has 0 aliphatic carbocycles. The van der Waals surface area contributed by atoms with Crippen LogP contribution >= 0.6 is 0 Å². The normalized spacial score (nSPS) is 13.1.